The number of nitrogens with zero attached hydrogens (tertiary/aromatic N) is 3. The molecule has 0 spiro atoms. The van der Waals surface area contributed by atoms with Crippen molar-refractivity contribution in [3.8, 4) is 5.69 Å². The van der Waals surface area contributed by atoms with Gasteiger partial charge in [-0.25, -0.2) is 9.67 Å². The van der Waals surface area contributed by atoms with Crippen LogP contribution in [0.2, 0.25) is 0 Å². The smallest absolute Gasteiger partial charge is 0.193 e. The normalized spacial score (nSPS) is 11.6. The number of hydrogen-bond donors (Lipinski definition) is 2. The lowest BCUT2D eigenvalue weighted by Gasteiger charge is -2.10. The third kappa shape index (κ3) is 4.07. The van der Waals surface area contributed by atoms with Gasteiger partial charge in [0.25, 0.3) is 0 Å². The summed E-state index contributed by atoms with van der Waals surface area (Å²) >= 11 is 0. The first-order chi connectivity index (χ1) is 12.0. The first-order valence-electron chi connectivity index (χ1n) is 8.27. The lowest BCUT2D eigenvalue weighted by Crippen LogP contribution is -2.22. The summed E-state index contributed by atoms with van der Waals surface area (Å²) < 4.78 is 1.87. The van der Waals surface area contributed by atoms with Crippen LogP contribution in [0, 0.1) is 20.8 Å². The second-order valence-corrected chi connectivity index (χ2v) is 6.16. The molecule has 0 aliphatic carbocycles. The van der Waals surface area contributed by atoms with Crippen LogP contribution in [0.3, 0.4) is 0 Å². The number of guanidine groups is 1. The van der Waals surface area contributed by atoms with Crippen LogP contribution in [-0.4, -0.2) is 15.7 Å². The molecule has 25 heavy (non-hydrogen) atoms. The summed E-state index contributed by atoms with van der Waals surface area (Å²) in [6.45, 7) is 6.63. The fraction of sp³-hybridized carbons (Fsp3) is 0.200. The van der Waals surface area contributed by atoms with Crippen LogP contribution < -0.4 is 11.1 Å². The fourth-order valence-electron chi connectivity index (χ4n) is 2.59. The predicted octanol–water partition coefficient (Wildman–Crippen LogP) is 3.72. The summed E-state index contributed by atoms with van der Waals surface area (Å²) in [6, 6.07) is 16.2. The van der Waals surface area contributed by atoms with Gasteiger partial charge in [-0.1, -0.05) is 24.3 Å². The second-order valence-electron chi connectivity index (χ2n) is 6.16. The van der Waals surface area contributed by atoms with Crippen molar-refractivity contribution in [2.45, 2.75) is 27.3 Å². The summed E-state index contributed by atoms with van der Waals surface area (Å²) in [4.78, 5) is 4.48. The maximum Gasteiger partial charge on any atom is 0.193 e. The summed E-state index contributed by atoms with van der Waals surface area (Å²) in [7, 11) is 0. The highest BCUT2D eigenvalue weighted by atomic mass is 15.3. The van der Waals surface area contributed by atoms with E-state index in [2.05, 4.69) is 41.4 Å². The molecule has 0 saturated carbocycles. The zero-order valence-electron chi connectivity index (χ0n) is 14.8. The Morgan fingerprint density at radius 3 is 2.60 bits per heavy atom. The van der Waals surface area contributed by atoms with Crippen molar-refractivity contribution in [1.82, 2.24) is 9.78 Å². The highest BCUT2D eigenvalue weighted by Gasteiger charge is 2.05. The van der Waals surface area contributed by atoms with E-state index in [9.17, 15) is 0 Å². The third-order valence-corrected chi connectivity index (χ3v) is 4.16. The summed E-state index contributed by atoms with van der Waals surface area (Å²) in [5, 5.41) is 7.62. The lowest BCUT2D eigenvalue weighted by molar-refractivity contribution is 0.844. The number of nitrogens with two attached hydrogens (primary N) is 1. The zero-order valence-corrected chi connectivity index (χ0v) is 14.8. The van der Waals surface area contributed by atoms with E-state index in [-0.39, 0.29) is 0 Å². The Balaban J connectivity index is 1.76. The van der Waals surface area contributed by atoms with E-state index in [0.717, 1.165) is 22.6 Å². The molecule has 5 heteroatoms. The van der Waals surface area contributed by atoms with Gasteiger partial charge in [0.05, 0.1) is 17.9 Å². The van der Waals surface area contributed by atoms with E-state index in [1.54, 1.807) is 0 Å². The van der Waals surface area contributed by atoms with Gasteiger partial charge >= 0.3 is 0 Å². The van der Waals surface area contributed by atoms with Gasteiger partial charge in [-0.05, 0) is 61.7 Å². The van der Waals surface area contributed by atoms with E-state index in [0.29, 0.717) is 12.5 Å². The Hall–Kier alpha value is -3.08. The van der Waals surface area contributed by atoms with Gasteiger partial charge in [0, 0.05) is 11.9 Å². The SMILES string of the molecule is Cc1ccn(-c2ccccc2CN=C(N)Nc2ccc(C)c(C)c2)n1. The number of aryl methyl sites for hydroxylation is 3. The van der Waals surface area contributed by atoms with Gasteiger partial charge in [-0.2, -0.15) is 5.10 Å². The van der Waals surface area contributed by atoms with Crippen molar-refractivity contribution in [2.24, 2.45) is 10.7 Å². The highest BCUT2D eigenvalue weighted by molar-refractivity contribution is 5.92. The van der Waals surface area contributed by atoms with E-state index < -0.39 is 0 Å². The van der Waals surface area contributed by atoms with Crippen molar-refractivity contribution in [3.63, 3.8) is 0 Å². The molecule has 0 amide bonds. The molecule has 2 aromatic carbocycles. The molecule has 0 atom stereocenters. The van der Waals surface area contributed by atoms with Crippen LogP contribution >= 0.6 is 0 Å². The predicted molar refractivity (Wildman–Crippen MR) is 103 cm³/mol. The van der Waals surface area contributed by atoms with Crippen LogP contribution in [0.25, 0.3) is 5.69 Å². The average Bonchev–Trinajstić information content (AvgIpc) is 3.03. The Morgan fingerprint density at radius 1 is 1.08 bits per heavy atom. The first-order valence-corrected chi connectivity index (χ1v) is 8.27. The van der Waals surface area contributed by atoms with E-state index in [1.807, 2.05) is 54.2 Å². The Labute approximate surface area is 148 Å². The molecule has 3 rings (SSSR count). The van der Waals surface area contributed by atoms with Crippen LogP contribution in [0.5, 0.6) is 0 Å². The van der Waals surface area contributed by atoms with Crippen LogP contribution in [0.1, 0.15) is 22.4 Å². The second kappa shape index (κ2) is 7.21. The Morgan fingerprint density at radius 2 is 1.88 bits per heavy atom. The monoisotopic (exact) mass is 333 g/mol. The molecule has 128 valence electrons. The quantitative estimate of drug-likeness (QED) is 0.565. The Bertz CT molecular complexity index is 908. The van der Waals surface area contributed by atoms with Gasteiger partial charge in [0.2, 0.25) is 0 Å². The molecule has 3 N–H and O–H groups in total. The number of hydrogen-bond acceptors (Lipinski definition) is 2. The van der Waals surface area contributed by atoms with Crippen LogP contribution in [0.15, 0.2) is 59.7 Å². The van der Waals surface area contributed by atoms with Gasteiger partial charge in [-0.15, -0.1) is 0 Å². The molecule has 3 aromatic rings. The minimum absolute atomic E-state index is 0.398. The van der Waals surface area contributed by atoms with Gasteiger partial charge in [0.15, 0.2) is 5.96 Å². The fourth-order valence-corrected chi connectivity index (χ4v) is 2.59. The maximum absolute atomic E-state index is 6.05. The van der Waals surface area contributed by atoms with Gasteiger partial charge in [0.1, 0.15) is 0 Å². The maximum atomic E-state index is 6.05. The van der Waals surface area contributed by atoms with E-state index >= 15 is 0 Å². The lowest BCUT2D eigenvalue weighted by atomic mass is 10.1. The van der Waals surface area contributed by atoms with Gasteiger partial charge < -0.3 is 11.1 Å². The molecule has 0 radical (unpaired) electrons. The van der Waals surface area contributed by atoms with Crippen molar-refractivity contribution in [3.05, 3.63) is 77.1 Å². The van der Waals surface area contributed by atoms with Gasteiger partial charge in [-0.3, -0.25) is 0 Å². The third-order valence-electron chi connectivity index (χ3n) is 4.16. The summed E-state index contributed by atoms with van der Waals surface area (Å²) in [5.74, 6) is 0.398. The average molecular weight is 333 g/mol. The molecule has 5 nitrogen and oxygen atoms in total. The number of nitrogens with one attached hydrogen (secondary N) is 1. The number of rotatable bonds is 4. The van der Waals surface area contributed by atoms with E-state index in [4.69, 9.17) is 5.73 Å². The highest BCUT2D eigenvalue weighted by Crippen LogP contribution is 2.16. The Kier molecular flexibility index (Phi) is 4.84. The van der Waals surface area contributed by atoms with Crippen LogP contribution in [0.4, 0.5) is 5.69 Å². The molecule has 0 saturated heterocycles. The molecular formula is C20H23N5. The molecular weight excluding hydrogens is 310 g/mol. The number of aromatic nitrogens is 2. The summed E-state index contributed by atoms with van der Waals surface area (Å²) in [5.41, 5.74) is 12.5. The molecule has 0 unspecified atom stereocenters. The topological polar surface area (TPSA) is 68.2 Å². The number of aliphatic imine (C=N–C) groups is 1. The molecule has 1 aromatic heterocycles. The van der Waals surface area contributed by atoms with E-state index in [1.165, 1.54) is 11.1 Å². The molecule has 0 fully saturated rings. The van der Waals surface area contributed by atoms with Crippen molar-refractivity contribution in [2.75, 3.05) is 5.32 Å². The largest absolute Gasteiger partial charge is 0.370 e. The molecule has 1 heterocycles. The van der Waals surface area contributed by atoms with Crippen molar-refractivity contribution < 1.29 is 0 Å². The number of anilines is 1. The first kappa shape index (κ1) is 16.8. The molecule has 0 bridgehead atoms. The number of para-hydroxylation sites is 1. The zero-order chi connectivity index (χ0) is 17.8. The summed E-state index contributed by atoms with van der Waals surface area (Å²) in [6.07, 6.45) is 1.95. The minimum atomic E-state index is 0.398. The molecule has 0 aliphatic rings. The molecule has 0 aliphatic heterocycles. The standard InChI is InChI=1S/C20H23N5/c1-14-8-9-18(12-15(14)2)23-20(21)22-13-17-6-4-5-7-19(17)25-11-10-16(3)24-25/h4-12H,13H2,1-3H3,(H3,21,22,23). The van der Waals surface area contributed by atoms with Crippen LogP contribution in [-0.2, 0) is 6.54 Å². The van der Waals surface area contributed by atoms with Crippen molar-refractivity contribution in [1.29, 1.82) is 0 Å². The number of benzene rings is 2. The minimum Gasteiger partial charge on any atom is -0.370 e. The van der Waals surface area contributed by atoms with Crippen molar-refractivity contribution >= 4 is 11.6 Å².